The summed E-state index contributed by atoms with van der Waals surface area (Å²) in [4.78, 5) is 12.8. The Labute approximate surface area is 210 Å². The minimum Gasteiger partial charge on any atom is -0.456 e. The van der Waals surface area contributed by atoms with Gasteiger partial charge in [0, 0.05) is 22.8 Å². The van der Waals surface area contributed by atoms with Crippen LogP contribution in [0.25, 0.3) is 29.7 Å². The minimum atomic E-state index is -0.359. The number of rotatable bonds is 5. The first-order valence-electron chi connectivity index (χ1n) is 12.2. The number of fused-ring (bicyclic) bond motifs is 1. The molecular formula is C32H28NO3+. The van der Waals surface area contributed by atoms with Gasteiger partial charge in [-0.05, 0) is 49.8 Å². The summed E-state index contributed by atoms with van der Waals surface area (Å²) in [6, 6.07) is 21.9. The number of hydrogen-bond donors (Lipinski definition) is 0. The topological polar surface area (TPSA) is 42.5 Å². The van der Waals surface area contributed by atoms with Crippen molar-refractivity contribution < 1.29 is 13.7 Å². The van der Waals surface area contributed by atoms with E-state index in [2.05, 4.69) is 24.5 Å². The van der Waals surface area contributed by atoms with Crippen LogP contribution in [0.1, 0.15) is 30.5 Å². The quantitative estimate of drug-likeness (QED) is 0.501. The molecule has 0 radical (unpaired) electrons. The Morgan fingerprint density at radius 2 is 1.39 bits per heavy atom. The Kier molecular flexibility index (Phi) is 6.76. The van der Waals surface area contributed by atoms with Crippen molar-refractivity contribution in [3.8, 4) is 0 Å². The number of allylic oxidation sites excluding steroid dienone is 5. The van der Waals surface area contributed by atoms with Crippen molar-refractivity contribution in [2.45, 2.75) is 13.8 Å². The third-order valence-electron chi connectivity index (χ3n) is 6.26. The Balaban J connectivity index is 1.58. The van der Waals surface area contributed by atoms with E-state index in [1.807, 2.05) is 103 Å². The summed E-state index contributed by atoms with van der Waals surface area (Å²) in [6.07, 6.45) is 13.7. The second-order valence-electron chi connectivity index (χ2n) is 8.57. The van der Waals surface area contributed by atoms with Gasteiger partial charge in [-0.2, -0.15) is 0 Å². The Morgan fingerprint density at radius 1 is 0.778 bits per heavy atom. The Morgan fingerprint density at radius 3 is 1.97 bits per heavy atom. The largest absolute Gasteiger partial charge is 0.456 e. The summed E-state index contributed by atoms with van der Waals surface area (Å²) >= 11 is 0. The van der Waals surface area contributed by atoms with Crippen LogP contribution in [0.3, 0.4) is 0 Å². The van der Waals surface area contributed by atoms with Crippen molar-refractivity contribution >= 4 is 35.5 Å². The highest BCUT2D eigenvalue weighted by atomic mass is 16.5. The van der Waals surface area contributed by atoms with E-state index in [9.17, 15) is 4.79 Å². The average molecular weight is 475 g/mol. The summed E-state index contributed by atoms with van der Waals surface area (Å²) in [5.74, 6) is 1.51. The van der Waals surface area contributed by atoms with Crippen LogP contribution < -0.4 is 16.3 Å². The van der Waals surface area contributed by atoms with E-state index in [0.29, 0.717) is 10.6 Å². The molecule has 2 aliphatic rings. The van der Waals surface area contributed by atoms with E-state index in [-0.39, 0.29) is 5.63 Å². The van der Waals surface area contributed by atoms with Crippen LogP contribution in [0, 0.1) is 0 Å². The van der Waals surface area contributed by atoms with E-state index >= 15 is 0 Å². The smallest absolute Gasteiger partial charge is 0.343 e. The van der Waals surface area contributed by atoms with Gasteiger partial charge in [0.2, 0.25) is 5.71 Å². The molecule has 0 saturated carbocycles. The predicted molar refractivity (Wildman–Crippen MR) is 147 cm³/mol. The highest BCUT2D eigenvalue weighted by Crippen LogP contribution is 2.31. The molecule has 3 aromatic rings. The lowest BCUT2D eigenvalue weighted by atomic mass is 10.0. The summed E-state index contributed by atoms with van der Waals surface area (Å²) in [6.45, 7) is 6.01. The van der Waals surface area contributed by atoms with Gasteiger partial charge in [-0.15, -0.1) is 0 Å². The summed E-state index contributed by atoms with van der Waals surface area (Å²) in [5, 5.41) is 0.501. The van der Waals surface area contributed by atoms with Crippen LogP contribution in [0.2, 0.25) is 0 Å². The second-order valence-corrected chi connectivity index (χ2v) is 8.57. The van der Waals surface area contributed by atoms with Crippen molar-refractivity contribution in [3.05, 3.63) is 134 Å². The van der Waals surface area contributed by atoms with E-state index < -0.39 is 0 Å². The van der Waals surface area contributed by atoms with E-state index in [1.165, 1.54) is 0 Å². The van der Waals surface area contributed by atoms with Crippen LogP contribution in [-0.2, 0) is 4.74 Å². The molecule has 0 fully saturated rings. The molecule has 4 nitrogen and oxygen atoms in total. The van der Waals surface area contributed by atoms with Gasteiger partial charge in [0.15, 0.2) is 0 Å². The number of hydrogen-bond acceptors (Lipinski definition) is 3. The average Bonchev–Trinajstić information content (AvgIpc) is 2.93. The summed E-state index contributed by atoms with van der Waals surface area (Å²) in [7, 11) is 0. The third kappa shape index (κ3) is 4.98. The normalized spacial score (nSPS) is 14.9. The summed E-state index contributed by atoms with van der Waals surface area (Å²) < 4.78 is 14.2. The Hall–Kier alpha value is -4.44. The first-order chi connectivity index (χ1) is 17.6. The molecule has 0 N–H and O–H groups in total. The molecule has 1 aliphatic carbocycles. The zero-order valence-corrected chi connectivity index (χ0v) is 20.5. The molecular weight excluding hydrogens is 446 g/mol. The van der Waals surface area contributed by atoms with Crippen LogP contribution in [0.15, 0.2) is 106 Å². The highest BCUT2D eigenvalue weighted by Gasteiger charge is 2.15. The molecule has 1 aromatic heterocycles. The first kappa shape index (κ1) is 23.3. The fourth-order valence-corrected chi connectivity index (χ4v) is 4.31. The number of nitrogens with zero attached hydrogens (tertiary/aromatic N) is 1. The molecule has 5 rings (SSSR count). The maximum absolute atomic E-state index is 12.8. The maximum atomic E-state index is 12.8. The zero-order chi connectivity index (χ0) is 24.9. The molecule has 0 atom stereocenters. The number of benzene rings is 2. The fraction of sp³-hybridized carbons (Fsp3) is 0.125. The lowest BCUT2D eigenvalue weighted by Gasteiger charge is -2.18. The van der Waals surface area contributed by atoms with Gasteiger partial charge in [0.1, 0.15) is 30.0 Å². The van der Waals surface area contributed by atoms with Gasteiger partial charge in [-0.25, -0.2) is 9.37 Å². The molecule has 0 unspecified atom stereocenters. The van der Waals surface area contributed by atoms with Gasteiger partial charge in [-0.1, -0.05) is 66.7 Å². The molecule has 1 aliphatic heterocycles. The SMILES string of the molecule is CC[N+](CC)=C1C=Cc2c/c(=C/C=C3C=C(c4ccccc4)OC(c4ccccc4)=C3)c(=O)oc2=C1. The van der Waals surface area contributed by atoms with Gasteiger partial charge < -0.3 is 9.15 Å². The molecule has 178 valence electrons. The minimum absolute atomic E-state index is 0.359. The van der Waals surface area contributed by atoms with Crippen molar-refractivity contribution in [2.75, 3.05) is 13.1 Å². The van der Waals surface area contributed by atoms with Crippen molar-refractivity contribution in [2.24, 2.45) is 0 Å². The highest BCUT2D eigenvalue weighted by molar-refractivity contribution is 6.17. The van der Waals surface area contributed by atoms with Crippen molar-refractivity contribution in [1.29, 1.82) is 0 Å². The molecule has 2 heterocycles. The van der Waals surface area contributed by atoms with E-state index in [1.54, 1.807) is 0 Å². The van der Waals surface area contributed by atoms with Crippen LogP contribution >= 0.6 is 0 Å². The third-order valence-corrected chi connectivity index (χ3v) is 6.26. The van der Waals surface area contributed by atoms with Gasteiger partial charge in [0.25, 0.3) is 0 Å². The lowest BCUT2D eigenvalue weighted by molar-refractivity contribution is -0.518. The molecule has 0 amide bonds. The van der Waals surface area contributed by atoms with Crippen molar-refractivity contribution in [3.63, 3.8) is 0 Å². The second kappa shape index (κ2) is 10.4. The van der Waals surface area contributed by atoms with Crippen molar-refractivity contribution in [1.82, 2.24) is 0 Å². The molecule has 0 bridgehead atoms. The van der Waals surface area contributed by atoms with Gasteiger partial charge >= 0.3 is 5.63 Å². The standard InChI is InChI=1S/C32H28NO3/c1-3-33(4-2)28-18-17-26-21-27(32(34)36-31(26)22-28)16-15-23-19-29(24-11-7-5-8-12-24)35-30(20-23)25-13-9-6-10-14-25/h5-22H,3-4H2,1-2H3/q+1/b27-16-. The van der Waals surface area contributed by atoms with Crippen LogP contribution in [-0.4, -0.2) is 23.4 Å². The van der Waals surface area contributed by atoms with E-state index in [4.69, 9.17) is 9.15 Å². The number of ether oxygens (including phenoxy) is 1. The molecule has 0 saturated heterocycles. The van der Waals surface area contributed by atoms with E-state index in [0.717, 1.165) is 52.6 Å². The predicted octanol–water partition coefficient (Wildman–Crippen LogP) is 4.76. The van der Waals surface area contributed by atoms with Gasteiger partial charge in [0.05, 0.1) is 11.3 Å². The lowest BCUT2D eigenvalue weighted by Crippen LogP contribution is -2.32. The van der Waals surface area contributed by atoms with Crippen LogP contribution in [0.4, 0.5) is 0 Å². The monoisotopic (exact) mass is 474 g/mol. The van der Waals surface area contributed by atoms with Gasteiger partial charge in [-0.3, -0.25) is 0 Å². The molecule has 36 heavy (non-hydrogen) atoms. The Bertz CT molecular complexity index is 1550. The fourth-order valence-electron chi connectivity index (χ4n) is 4.31. The first-order valence-corrected chi connectivity index (χ1v) is 12.2. The molecule has 0 spiro atoms. The maximum Gasteiger partial charge on any atom is 0.343 e. The van der Waals surface area contributed by atoms with Crippen LogP contribution in [0.5, 0.6) is 0 Å². The zero-order valence-electron chi connectivity index (χ0n) is 20.5. The summed E-state index contributed by atoms with van der Waals surface area (Å²) in [5.41, 5.74) is 5.08. The molecule has 2 aromatic carbocycles. The molecule has 4 heteroatoms.